The van der Waals surface area contributed by atoms with Gasteiger partial charge in [0.05, 0.1) is 0 Å². The van der Waals surface area contributed by atoms with Gasteiger partial charge in [0.15, 0.2) is 0 Å². The summed E-state index contributed by atoms with van der Waals surface area (Å²) >= 11 is 0. The van der Waals surface area contributed by atoms with Gasteiger partial charge < -0.3 is 10.2 Å². The Morgan fingerprint density at radius 1 is 1.32 bits per heavy atom. The summed E-state index contributed by atoms with van der Waals surface area (Å²) in [6.45, 7) is 7.83. The summed E-state index contributed by atoms with van der Waals surface area (Å²) < 4.78 is 0. The van der Waals surface area contributed by atoms with Crippen molar-refractivity contribution >= 4 is 0 Å². The molecule has 1 aliphatic carbocycles. The highest BCUT2D eigenvalue weighted by molar-refractivity contribution is 5.33. The second kappa shape index (κ2) is 6.06. The summed E-state index contributed by atoms with van der Waals surface area (Å²) in [7, 11) is 4.33. The van der Waals surface area contributed by atoms with Crippen LogP contribution in [0.5, 0.6) is 0 Å². The highest BCUT2D eigenvalue weighted by atomic mass is 15.2. The monoisotopic (exact) mass is 260 g/mol. The number of likely N-dealkylation sites (N-methyl/N-ethyl adjacent to an activating group) is 2. The number of hydrogen-bond acceptors (Lipinski definition) is 2. The molecule has 2 rings (SSSR count). The zero-order valence-corrected chi connectivity index (χ0v) is 13.0. The number of hydrogen-bond donors (Lipinski definition) is 1. The fourth-order valence-electron chi connectivity index (χ4n) is 2.87. The van der Waals surface area contributed by atoms with Crippen LogP contribution in [0.2, 0.25) is 0 Å². The van der Waals surface area contributed by atoms with Crippen LogP contribution in [0.3, 0.4) is 0 Å². The standard InChI is InChI=1S/C17H28N2/c1-12-6-7-13(2)16(10-12)17(18-4)11-19(5)14(3)15-8-9-15/h6-7,10,14-15,17-18H,8-9,11H2,1-5H3. The molecule has 1 N–H and O–H groups in total. The van der Waals surface area contributed by atoms with Crippen LogP contribution in [-0.4, -0.2) is 31.6 Å². The van der Waals surface area contributed by atoms with Crippen molar-refractivity contribution in [1.29, 1.82) is 0 Å². The second-order valence-electron chi connectivity index (χ2n) is 6.22. The largest absolute Gasteiger partial charge is 0.312 e. The topological polar surface area (TPSA) is 15.3 Å². The van der Waals surface area contributed by atoms with E-state index in [2.05, 4.69) is 63.3 Å². The average Bonchev–Trinajstić information content (AvgIpc) is 3.22. The van der Waals surface area contributed by atoms with Crippen molar-refractivity contribution in [2.45, 2.75) is 45.7 Å². The van der Waals surface area contributed by atoms with Crippen molar-refractivity contribution in [3.63, 3.8) is 0 Å². The molecule has 2 unspecified atom stereocenters. The third-order valence-electron chi connectivity index (χ3n) is 4.63. The molecule has 106 valence electrons. The van der Waals surface area contributed by atoms with E-state index >= 15 is 0 Å². The second-order valence-corrected chi connectivity index (χ2v) is 6.22. The van der Waals surface area contributed by atoms with E-state index in [0.29, 0.717) is 12.1 Å². The predicted molar refractivity (Wildman–Crippen MR) is 82.5 cm³/mol. The lowest BCUT2D eigenvalue weighted by molar-refractivity contribution is 0.213. The van der Waals surface area contributed by atoms with Gasteiger partial charge in [0, 0.05) is 18.6 Å². The van der Waals surface area contributed by atoms with Crippen LogP contribution < -0.4 is 5.32 Å². The van der Waals surface area contributed by atoms with E-state index in [1.165, 1.54) is 29.5 Å². The molecule has 0 aliphatic heterocycles. The van der Waals surface area contributed by atoms with Gasteiger partial charge in [0.2, 0.25) is 0 Å². The third-order valence-corrected chi connectivity index (χ3v) is 4.63. The molecule has 0 spiro atoms. The molecular weight excluding hydrogens is 232 g/mol. The molecular formula is C17H28N2. The smallest absolute Gasteiger partial charge is 0.0449 e. The Kier molecular flexibility index (Phi) is 4.64. The Morgan fingerprint density at radius 3 is 2.58 bits per heavy atom. The molecule has 1 aromatic carbocycles. The van der Waals surface area contributed by atoms with E-state index in [9.17, 15) is 0 Å². The molecule has 2 heteroatoms. The maximum atomic E-state index is 3.49. The molecule has 0 heterocycles. The van der Waals surface area contributed by atoms with Crippen molar-refractivity contribution in [3.8, 4) is 0 Å². The lowest BCUT2D eigenvalue weighted by Crippen LogP contribution is -2.38. The summed E-state index contributed by atoms with van der Waals surface area (Å²) in [6.07, 6.45) is 2.83. The highest BCUT2D eigenvalue weighted by Crippen LogP contribution is 2.35. The summed E-state index contributed by atoms with van der Waals surface area (Å²) in [5.74, 6) is 0.932. The molecule has 0 aromatic heterocycles. The zero-order valence-electron chi connectivity index (χ0n) is 13.0. The van der Waals surface area contributed by atoms with Crippen LogP contribution in [0, 0.1) is 19.8 Å². The van der Waals surface area contributed by atoms with Crippen LogP contribution in [0.4, 0.5) is 0 Å². The first-order valence-corrected chi connectivity index (χ1v) is 7.47. The fourth-order valence-corrected chi connectivity index (χ4v) is 2.87. The molecule has 1 aliphatic rings. The normalized spacial score (nSPS) is 18.6. The average molecular weight is 260 g/mol. The van der Waals surface area contributed by atoms with Crippen LogP contribution in [0.25, 0.3) is 0 Å². The molecule has 19 heavy (non-hydrogen) atoms. The van der Waals surface area contributed by atoms with Crippen molar-refractivity contribution in [2.24, 2.45) is 5.92 Å². The van der Waals surface area contributed by atoms with Crippen molar-refractivity contribution in [2.75, 3.05) is 20.6 Å². The maximum absolute atomic E-state index is 3.49. The first-order valence-electron chi connectivity index (χ1n) is 7.47. The lowest BCUT2D eigenvalue weighted by atomic mass is 9.98. The van der Waals surface area contributed by atoms with E-state index in [1.54, 1.807) is 0 Å². The third kappa shape index (κ3) is 3.58. The Hall–Kier alpha value is -0.860. The van der Waals surface area contributed by atoms with E-state index in [0.717, 1.165) is 12.5 Å². The van der Waals surface area contributed by atoms with Crippen LogP contribution in [0.15, 0.2) is 18.2 Å². The summed E-state index contributed by atoms with van der Waals surface area (Å²) in [5.41, 5.74) is 4.17. The van der Waals surface area contributed by atoms with E-state index < -0.39 is 0 Å². The molecule has 0 radical (unpaired) electrons. The van der Waals surface area contributed by atoms with Gasteiger partial charge in [-0.1, -0.05) is 23.8 Å². The number of nitrogens with one attached hydrogen (secondary N) is 1. The summed E-state index contributed by atoms with van der Waals surface area (Å²) in [6, 6.07) is 7.89. The van der Waals surface area contributed by atoms with Crippen LogP contribution in [-0.2, 0) is 0 Å². The van der Waals surface area contributed by atoms with Crippen molar-refractivity contribution in [3.05, 3.63) is 34.9 Å². The summed E-state index contributed by atoms with van der Waals surface area (Å²) in [5, 5.41) is 3.49. The number of nitrogens with zero attached hydrogens (tertiary/aromatic N) is 1. The molecule has 1 aromatic rings. The van der Waals surface area contributed by atoms with Gasteiger partial charge in [-0.3, -0.25) is 0 Å². The molecule has 1 fully saturated rings. The van der Waals surface area contributed by atoms with E-state index in [4.69, 9.17) is 0 Å². The molecule has 0 saturated heterocycles. The molecule has 2 atom stereocenters. The minimum absolute atomic E-state index is 0.422. The summed E-state index contributed by atoms with van der Waals surface area (Å²) in [4.78, 5) is 2.51. The first kappa shape index (κ1) is 14.5. The highest BCUT2D eigenvalue weighted by Gasteiger charge is 2.31. The first-order chi connectivity index (χ1) is 9.02. The molecule has 1 saturated carbocycles. The minimum atomic E-state index is 0.422. The van der Waals surface area contributed by atoms with Gasteiger partial charge in [-0.15, -0.1) is 0 Å². The number of rotatable bonds is 6. The molecule has 0 amide bonds. The van der Waals surface area contributed by atoms with E-state index in [-0.39, 0.29) is 0 Å². The Labute approximate surface area is 118 Å². The lowest BCUT2D eigenvalue weighted by Gasteiger charge is -2.30. The van der Waals surface area contributed by atoms with Gasteiger partial charge in [0.25, 0.3) is 0 Å². The van der Waals surface area contributed by atoms with Crippen LogP contribution in [0.1, 0.15) is 42.5 Å². The molecule has 2 nitrogen and oxygen atoms in total. The van der Waals surface area contributed by atoms with Gasteiger partial charge in [-0.05, 0) is 64.8 Å². The van der Waals surface area contributed by atoms with Crippen LogP contribution >= 0.6 is 0 Å². The Bertz CT molecular complexity index is 423. The minimum Gasteiger partial charge on any atom is -0.312 e. The quantitative estimate of drug-likeness (QED) is 0.844. The predicted octanol–water partition coefficient (Wildman–Crippen LogP) is 3.29. The fraction of sp³-hybridized carbons (Fsp3) is 0.647. The SMILES string of the molecule is CNC(CN(C)C(C)C1CC1)c1cc(C)ccc1C. The number of aryl methyl sites for hydroxylation is 2. The zero-order chi connectivity index (χ0) is 14.0. The maximum Gasteiger partial charge on any atom is 0.0449 e. The Balaban J connectivity index is 2.08. The van der Waals surface area contributed by atoms with Gasteiger partial charge in [0.1, 0.15) is 0 Å². The van der Waals surface area contributed by atoms with Gasteiger partial charge in [-0.2, -0.15) is 0 Å². The van der Waals surface area contributed by atoms with E-state index in [1.807, 2.05) is 0 Å². The Morgan fingerprint density at radius 2 is 2.00 bits per heavy atom. The number of benzene rings is 1. The van der Waals surface area contributed by atoms with Gasteiger partial charge >= 0.3 is 0 Å². The van der Waals surface area contributed by atoms with Crippen molar-refractivity contribution in [1.82, 2.24) is 10.2 Å². The van der Waals surface area contributed by atoms with Gasteiger partial charge in [-0.25, -0.2) is 0 Å². The van der Waals surface area contributed by atoms with Crippen molar-refractivity contribution < 1.29 is 0 Å². The molecule has 0 bridgehead atoms.